The summed E-state index contributed by atoms with van der Waals surface area (Å²) < 4.78 is 4.88. The van der Waals surface area contributed by atoms with Crippen molar-refractivity contribution >= 4 is 34.5 Å². The Hall–Kier alpha value is -1.43. The second-order valence-corrected chi connectivity index (χ2v) is 5.27. The second kappa shape index (κ2) is 7.38. The summed E-state index contributed by atoms with van der Waals surface area (Å²) in [5, 5.41) is 5.67. The zero-order valence-corrected chi connectivity index (χ0v) is 12.6. The summed E-state index contributed by atoms with van der Waals surface area (Å²) in [6, 6.07) is 7.61. The Kier molecular flexibility index (Phi) is 5.52. The molecule has 0 saturated carbocycles. The highest BCUT2D eigenvalue weighted by Crippen LogP contribution is 2.26. The number of aromatic nitrogens is 1. The van der Waals surface area contributed by atoms with Crippen molar-refractivity contribution in [3.8, 4) is 10.6 Å². The van der Waals surface area contributed by atoms with Gasteiger partial charge in [0.25, 0.3) is 0 Å². The lowest BCUT2D eigenvalue weighted by Gasteiger charge is -2.06. The van der Waals surface area contributed by atoms with Crippen LogP contribution in [0.15, 0.2) is 29.6 Å². The first-order valence-electron chi connectivity index (χ1n) is 6.12. The van der Waals surface area contributed by atoms with E-state index in [1.807, 2.05) is 29.6 Å². The van der Waals surface area contributed by atoms with E-state index < -0.39 is 0 Å². The first-order valence-corrected chi connectivity index (χ1v) is 7.54. The van der Waals surface area contributed by atoms with Crippen LogP contribution >= 0.6 is 22.9 Å². The van der Waals surface area contributed by atoms with Crippen LogP contribution < -0.4 is 5.32 Å². The third-order valence-corrected chi connectivity index (χ3v) is 3.83. The van der Waals surface area contributed by atoms with Crippen LogP contribution in [0.5, 0.6) is 0 Å². The fourth-order valence-corrected chi connectivity index (χ4v) is 2.69. The number of carbonyl (C=O) groups excluding carboxylic acids is 1. The number of rotatable bonds is 6. The Bertz CT molecular complexity index is 586. The lowest BCUT2D eigenvalue weighted by molar-refractivity contribution is -0.117. The van der Waals surface area contributed by atoms with Crippen molar-refractivity contribution in [3.05, 3.63) is 35.3 Å². The topological polar surface area (TPSA) is 51.2 Å². The fourth-order valence-electron chi connectivity index (χ4n) is 1.65. The zero-order valence-electron chi connectivity index (χ0n) is 11.1. The number of hydrogen-bond acceptors (Lipinski definition) is 4. The number of thiazole rings is 1. The van der Waals surface area contributed by atoms with E-state index in [4.69, 9.17) is 16.3 Å². The van der Waals surface area contributed by atoms with Gasteiger partial charge in [0.1, 0.15) is 5.01 Å². The number of ether oxygens (including phenoxy) is 1. The minimum atomic E-state index is -0.0652. The second-order valence-electron chi connectivity index (χ2n) is 4.15. The number of alkyl halides is 1. The summed E-state index contributed by atoms with van der Waals surface area (Å²) in [6.07, 6.45) is 0.342. The molecule has 0 unspecified atom stereocenters. The molecule has 2 aromatic rings. The van der Waals surface area contributed by atoms with Crippen molar-refractivity contribution in [1.29, 1.82) is 0 Å². The highest BCUT2D eigenvalue weighted by molar-refractivity contribution is 7.13. The number of carbonyl (C=O) groups is 1. The molecule has 6 heteroatoms. The predicted molar refractivity (Wildman–Crippen MR) is 82.2 cm³/mol. The summed E-state index contributed by atoms with van der Waals surface area (Å²) in [5.41, 5.74) is 2.59. The van der Waals surface area contributed by atoms with Crippen molar-refractivity contribution < 1.29 is 9.53 Å². The highest BCUT2D eigenvalue weighted by atomic mass is 35.5. The number of methoxy groups -OCH3 is 1. The van der Waals surface area contributed by atoms with Gasteiger partial charge in [-0.05, 0) is 12.1 Å². The number of anilines is 1. The molecule has 1 aromatic heterocycles. The van der Waals surface area contributed by atoms with E-state index in [2.05, 4.69) is 10.3 Å². The van der Waals surface area contributed by atoms with Crippen LogP contribution in [0.2, 0.25) is 0 Å². The number of benzene rings is 1. The van der Waals surface area contributed by atoms with Gasteiger partial charge < -0.3 is 10.1 Å². The standard InChI is InChI=1S/C14H15ClN2O2S/c1-19-6-5-13(18)16-11-4-2-3-10(7-11)14-17-12(8-15)9-20-14/h2-4,7,9H,5-6,8H2,1H3,(H,16,18). The Labute approximate surface area is 126 Å². The van der Waals surface area contributed by atoms with Crippen LogP contribution in [0, 0.1) is 0 Å². The largest absolute Gasteiger partial charge is 0.384 e. The van der Waals surface area contributed by atoms with Crippen LogP contribution in [-0.2, 0) is 15.4 Å². The number of nitrogens with zero attached hydrogens (tertiary/aromatic N) is 1. The third kappa shape index (κ3) is 4.03. The van der Waals surface area contributed by atoms with Gasteiger partial charge in [-0.2, -0.15) is 0 Å². The van der Waals surface area contributed by atoms with E-state index in [-0.39, 0.29) is 5.91 Å². The monoisotopic (exact) mass is 310 g/mol. The smallest absolute Gasteiger partial charge is 0.226 e. The van der Waals surface area contributed by atoms with E-state index in [9.17, 15) is 4.79 Å². The Morgan fingerprint density at radius 2 is 2.35 bits per heavy atom. The maximum atomic E-state index is 11.6. The molecule has 0 spiro atoms. The van der Waals surface area contributed by atoms with Gasteiger partial charge in [0.15, 0.2) is 0 Å². The van der Waals surface area contributed by atoms with Crippen LogP contribution in [0.4, 0.5) is 5.69 Å². The first-order chi connectivity index (χ1) is 9.72. The van der Waals surface area contributed by atoms with Gasteiger partial charge in [-0.1, -0.05) is 12.1 Å². The maximum Gasteiger partial charge on any atom is 0.226 e. The quantitative estimate of drug-likeness (QED) is 0.830. The third-order valence-electron chi connectivity index (χ3n) is 2.62. The summed E-state index contributed by atoms with van der Waals surface area (Å²) in [7, 11) is 1.57. The SMILES string of the molecule is COCCC(=O)Nc1cccc(-c2nc(CCl)cs2)c1. The van der Waals surface area contributed by atoms with Crippen LogP contribution in [-0.4, -0.2) is 24.6 Å². The minimum Gasteiger partial charge on any atom is -0.384 e. The molecule has 0 radical (unpaired) electrons. The Balaban J connectivity index is 2.09. The fraction of sp³-hybridized carbons (Fsp3) is 0.286. The number of amides is 1. The van der Waals surface area contributed by atoms with Gasteiger partial charge in [0, 0.05) is 23.7 Å². The molecule has 1 aromatic carbocycles. The normalized spacial score (nSPS) is 10.5. The summed E-state index contributed by atoms with van der Waals surface area (Å²) in [5.74, 6) is 0.341. The number of hydrogen-bond donors (Lipinski definition) is 1. The summed E-state index contributed by atoms with van der Waals surface area (Å²) >= 11 is 7.29. The molecule has 1 amide bonds. The maximum absolute atomic E-state index is 11.6. The highest BCUT2D eigenvalue weighted by Gasteiger charge is 2.06. The van der Waals surface area contributed by atoms with Crippen molar-refractivity contribution in [1.82, 2.24) is 4.98 Å². The van der Waals surface area contributed by atoms with E-state index in [1.54, 1.807) is 18.4 Å². The molecule has 20 heavy (non-hydrogen) atoms. The van der Waals surface area contributed by atoms with Gasteiger partial charge in [-0.3, -0.25) is 4.79 Å². The van der Waals surface area contributed by atoms with Crippen molar-refractivity contribution in [2.75, 3.05) is 19.0 Å². The molecule has 0 saturated heterocycles. The Morgan fingerprint density at radius 3 is 3.05 bits per heavy atom. The lowest BCUT2D eigenvalue weighted by Crippen LogP contribution is -2.13. The Morgan fingerprint density at radius 1 is 1.50 bits per heavy atom. The van der Waals surface area contributed by atoms with Crippen LogP contribution in [0.25, 0.3) is 10.6 Å². The van der Waals surface area contributed by atoms with E-state index in [0.717, 1.165) is 22.0 Å². The average molecular weight is 311 g/mol. The molecule has 0 fully saturated rings. The summed E-state index contributed by atoms with van der Waals surface area (Å²) in [6.45, 7) is 0.414. The number of nitrogens with one attached hydrogen (secondary N) is 1. The molecule has 2 rings (SSSR count). The first kappa shape index (κ1) is 15.0. The average Bonchev–Trinajstić information content (AvgIpc) is 2.94. The van der Waals surface area contributed by atoms with Gasteiger partial charge >= 0.3 is 0 Å². The van der Waals surface area contributed by atoms with Crippen molar-refractivity contribution in [2.24, 2.45) is 0 Å². The molecule has 0 aliphatic rings. The minimum absolute atomic E-state index is 0.0652. The number of halogens is 1. The molecular formula is C14H15ClN2O2S. The molecule has 0 aliphatic heterocycles. The van der Waals surface area contributed by atoms with E-state index >= 15 is 0 Å². The van der Waals surface area contributed by atoms with E-state index in [1.165, 1.54) is 0 Å². The molecule has 0 aliphatic carbocycles. The van der Waals surface area contributed by atoms with Crippen molar-refractivity contribution in [2.45, 2.75) is 12.3 Å². The zero-order chi connectivity index (χ0) is 14.4. The molecular weight excluding hydrogens is 296 g/mol. The molecule has 0 atom stereocenters. The lowest BCUT2D eigenvalue weighted by atomic mass is 10.2. The van der Waals surface area contributed by atoms with Gasteiger partial charge in [-0.25, -0.2) is 4.98 Å². The van der Waals surface area contributed by atoms with E-state index in [0.29, 0.717) is 18.9 Å². The van der Waals surface area contributed by atoms with Gasteiger partial charge in [0.2, 0.25) is 5.91 Å². The van der Waals surface area contributed by atoms with Crippen LogP contribution in [0.3, 0.4) is 0 Å². The van der Waals surface area contributed by atoms with Gasteiger partial charge in [0.05, 0.1) is 24.6 Å². The molecule has 1 N–H and O–H groups in total. The molecule has 1 heterocycles. The molecule has 106 valence electrons. The predicted octanol–water partition coefficient (Wildman–Crippen LogP) is 3.52. The summed E-state index contributed by atoms with van der Waals surface area (Å²) in [4.78, 5) is 16.1. The van der Waals surface area contributed by atoms with Gasteiger partial charge in [-0.15, -0.1) is 22.9 Å². The molecule has 0 bridgehead atoms. The van der Waals surface area contributed by atoms with Crippen molar-refractivity contribution in [3.63, 3.8) is 0 Å². The molecule has 4 nitrogen and oxygen atoms in total. The van der Waals surface area contributed by atoms with Crippen LogP contribution in [0.1, 0.15) is 12.1 Å².